The number of hydrogen-bond donors (Lipinski definition) is 0. The van der Waals surface area contributed by atoms with E-state index in [0.29, 0.717) is 49.8 Å². The number of fused-ring (bicyclic) bond motifs is 5. The summed E-state index contributed by atoms with van der Waals surface area (Å²) in [6.07, 6.45) is 7.41. The quantitative estimate of drug-likeness (QED) is 0.0813. The Morgan fingerprint density at radius 1 is 0.839 bits per heavy atom. The fourth-order valence-corrected chi connectivity index (χ4v) is 11.1. The van der Waals surface area contributed by atoms with Crippen LogP contribution in [0, 0.1) is 17.8 Å². The van der Waals surface area contributed by atoms with E-state index >= 15 is 0 Å². The summed E-state index contributed by atoms with van der Waals surface area (Å²) in [5.41, 5.74) is 3.75. The number of nitrogens with zero attached hydrogens (tertiary/aromatic N) is 6. The highest BCUT2D eigenvalue weighted by Crippen LogP contribution is 2.53. The van der Waals surface area contributed by atoms with E-state index in [1.165, 1.54) is 0 Å². The molecule has 12 heteroatoms. The zero-order valence-corrected chi connectivity index (χ0v) is 33.8. The molecule has 0 saturated heterocycles. The molecule has 2 bridgehead atoms. The standard InChI is InChI=1S/C44H41Cl2N6O3P/c1-4-55-43(53)35-27-20-22-28(23-21-27)38(35)51-26-34(46)36-41(51)48-39(49-42(36)56(2,3)54)37-33-24-32(45)25-47-40(33)52(50-37)44(29-14-8-5-9-15-29,30-16-10-6-11-17-30)31-18-12-7-13-19-31/h5-19,24-28,35,38H,4,20-23H2,1-3H3/t27?,28?,35-,38-/m0/s1. The molecule has 0 radical (unpaired) electrons. The number of carbonyl (C=O) groups is 1. The molecule has 0 unspecified atom stereocenters. The maximum Gasteiger partial charge on any atom is 0.311 e. The molecule has 4 aromatic heterocycles. The van der Waals surface area contributed by atoms with Gasteiger partial charge in [-0.1, -0.05) is 114 Å². The van der Waals surface area contributed by atoms with Crippen molar-refractivity contribution in [2.24, 2.45) is 17.8 Å². The van der Waals surface area contributed by atoms with E-state index in [1.807, 2.05) is 83.0 Å². The molecule has 3 aliphatic carbocycles. The van der Waals surface area contributed by atoms with Crippen LogP contribution in [0.15, 0.2) is 109 Å². The SMILES string of the molecule is CCOC(=O)[C@H]1C2CCC(CC2)[C@@H]1n1cc(Cl)c2c(P(C)(C)=O)nc(-c3nn(C(c4ccccc4)(c4ccccc4)c4ccccc4)c4ncc(Cl)cc34)nc21. The first-order chi connectivity index (χ1) is 27.1. The molecule has 0 N–H and O–H groups in total. The molecule has 3 aliphatic rings. The van der Waals surface area contributed by atoms with E-state index in [0.717, 1.165) is 42.4 Å². The van der Waals surface area contributed by atoms with E-state index in [1.54, 1.807) is 19.5 Å². The van der Waals surface area contributed by atoms with Crippen LogP contribution in [0.25, 0.3) is 33.6 Å². The van der Waals surface area contributed by atoms with Gasteiger partial charge >= 0.3 is 5.97 Å². The minimum absolute atomic E-state index is 0.194. The third-order valence-corrected chi connectivity index (χ3v) is 13.6. The van der Waals surface area contributed by atoms with Gasteiger partial charge in [0.25, 0.3) is 0 Å². The third kappa shape index (κ3) is 5.89. The number of hydrogen-bond acceptors (Lipinski definition) is 7. The Morgan fingerprint density at radius 3 is 1.96 bits per heavy atom. The van der Waals surface area contributed by atoms with Crippen LogP contribution in [0.5, 0.6) is 0 Å². The van der Waals surface area contributed by atoms with E-state index in [4.69, 9.17) is 48.0 Å². The summed E-state index contributed by atoms with van der Waals surface area (Å²) in [6.45, 7) is 5.53. The van der Waals surface area contributed by atoms with Crippen LogP contribution in [0.4, 0.5) is 0 Å². The Labute approximate surface area is 335 Å². The highest BCUT2D eigenvalue weighted by Gasteiger charge is 2.50. The number of halogens is 2. The summed E-state index contributed by atoms with van der Waals surface area (Å²) in [4.78, 5) is 29.0. The monoisotopic (exact) mass is 802 g/mol. The first-order valence-corrected chi connectivity index (χ1v) is 22.5. The molecule has 0 amide bonds. The van der Waals surface area contributed by atoms with Crippen LogP contribution in [-0.4, -0.2) is 55.2 Å². The van der Waals surface area contributed by atoms with Crippen molar-refractivity contribution in [1.82, 2.24) is 29.3 Å². The van der Waals surface area contributed by atoms with Gasteiger partial charge in [-0.3, -0.25) is 4.79 Å². The lowest BCUT2D eigenvalue weighted by atomic mass is 9.61. The van der Waals surface area contributed by atoms with Crippen molar-refractivity contribution < 1.29 is 14.1 Å². The van der Waals surface area contributed by atoms with Crippen molar-refractivity contribution in [2.45, 2.75) is 44.2 Å². The smallest absolute Gasteiger partial charge is 0.311 e. The maximum atomic E-state index is 14.3. The van der Waals surface area contributed by atoms with Crippen LogP contribution in [-0.2, 0) is 19.6 Å². The molecule has 56 heavy (non-hydrogen) atoms. The van der Waals surface area contributed by atoms with Crippen LogP contribution >= 0.6 is 30.3 Å². The average Bonchev–Trinajstić information content (AvgIpc) is 3.76. The van der Waals surface area contributed by atoms with Gasteiger partial charge in [-0.05, 0) is 80.5 Å². The number of ether oxygens (including phenoxy) is 1. The number of esters is 1. The minimum Gasteiger partial charge on any atom is -0.466 e. The van der Waals surface area contributed by atoms with Crippen molar-refractivity contribution in [2.75, 3.05) is 19.9 Å². The number of pyridine rings is 1. The van der Waals surface area contributed by atoms with E-state index in [-0.39, 0.29) is 35.6 Å². The lowest BCUT2D eigenvalue weighted by Crippen LogP contribution is -2.45. The first kappa shape index (κ1) is 36.8. The Kier molecular flexibility index (Phi) is 9.39. The Bertz CT molecular complexity index is 2540. The number of benzene rings is 3. The van der Waals surface area contributed by atoms with Crippen LogP contribution in [0.2, 0.25) is 10.0 Å². The van der Waals surface area contributed by atoms with Gasteiger partial charge in [-0.25, -0.2) is 19.6 Å². The Morgan fingerprint density at radius 2 is 1.41 bits per heavy atom. The van der Waals surface area contributed by atoms with E-state index < -0.39 is 12.7 Å². The normalized spacial score (nSPS) is 19.8. The van der Waals surface area contributed by atoms with Crippen molar-refractivity contribution in [1.29, 1.82) is 0 Å². The lowest BCUT2D eigenvalue weighted by Gasteiger charge is -2.47. The van der Waals surface area contributed by atoms with Crippen LogP contribution in [0.3, 0.4) is 0 Å². The first-order valence-electron chi connectivity index (χ1n) is 19.1. The minimum atomic E-state index is -3.08. The van der Waals surface area contributed by atoms with Gasteiger partial charge in [0.05, 0.1) is 39.4 Å². The van der Waals surface area contributed by atoms with Gasteiger partial charge in [-0.15, -0.1) is 0 Å². The Hall–Kier alpha value is -4.82. The highest BCUT2D eigenvalue weighted by molar-refractivity contribution is 7.70. The topological polar surface area (TPSA) is 105 Å². The van der Waals surface area contributed by atoms with Gasteiger partial charge < -0.3 is 13.9 Å². The Balaban J connectivity index is 1.36. The van der Waals surface area contributed by atoms with Crippen molar-refractivity contribution in [3.63, 3.8) is 0 Å². The van der Waals surface area contributed by atoms with Gasteiger partial charge in [0, 0.05) is 12.4 Å². The highest BCUT2D eigenvalue weighted by atomic mass is 35.5. The predicted octanol–water partition coefficient (Wildman–Crippen LogP) is 9.78. The van der Waals surface area contributed by atoms with Gasteiger partial charge in [0.2, 0.25) is 0 Å². The summed E-state index contributed by atoms with van der Waals surface area (Å²) in [7, 11) is -3.08. The van der Waals surface area contributed by atoms with E-state index in [9.17, 15) is 9.36 Å². The summed E-state index contributed by atoms with van der Waals surface area (Å²) < 4.78 is 24.0. The molecule has 3 fully saturated rings. The molecule has 284 valence electrons. The second-order valence-corrected chi connectivity index (χ2v) is 19.3. The summed E-state index contributed by atoms with van der Waals surface area (Å²) >= 11 is 13.8. The predicted molar refractivity (Wildman–Crippen MR) is 222 cm³/mol. The maximum absolute atomic E-state index is 14.3. The van der Waals surface area contributed by atoms with Gasteiger partial charge in [-0.2, -0.15) is 5.10 Å². The molecule has 10 rings (SSSR count). The molecule has 9 nitrogen and oxygen atoms in total. The van der Waals surface area contributed by atoms with E-state index in [2.05, 4.69) is 36.4 Å². The summed E-state index contributed by atoms with van der Waals surface area (Å²) in [5.74, 6) is 0.138. The lowest BCUT2D eigenvalue weighted by molar-refractivity contribution is -0.157. The summed E-state index contributed by atoms with van der Waals surface area (Å²) in [6, 6.07) is 32.3. The largest absolute Gasteiger partial charge is 0.466 e. The van der Waals surface area contributed by atoms with Crippen LogP contribution < -0.4 is 5.44 Å². The molecular weight excluding hydrogens is 762 g/mol. The average molecular weight is 804 g/mol. The molecule has 0 spiro atoms. The van der Waals surface area contributed by atoms with Crippen molar-refractivity contribution in [3.05, 3.63) is 136 Å². The molecular formula is C44H41Cl2N6O3P. The second kappa shape index (κ2) is 14.3. The summed E-state index contributed by atoms with van der Waals surface area (Å²) in [5, 5.41) is 7.42. The number of carbonyl (C=O) groups excluding carboxylic acids is 1. The fourth-order valence-electron chi connectivity index (χ4n) is 9.48. The molecule has 3 saturated carbocycles. The molecule has 0 aliphatic heterocycles. The van der Waals surface area contributed by atoms with Crippen molar-refractivity contribution in [3.8, 4) is 11.5 Å². The number of aromatic nitrogens is 6. The van der Waals surface area contributed by atoms with Gasteiger partial charge in [0.15, 0.2) is 11.5 Å². The van der Waals surface area contributed by atoms with Crippen molar-refractivity contribution >= 4 is 63.8 Å². The molecule has 3 aromatic carbocycles. The molecule has 2 atom stereocenters. The molecule has 4 heterocycles. The molecule has 7 aromatic rings. The van der Waals surface area contributed by atoms with Crippen LogP contribution in [0.1, 0.15) is 55.3 Å². The van der Waals surface area contributed by atoms with Gasteiger partial charge in [0.1, 0.15) is 29.5 Å². The second-order valence-electron chi connectivity index (χ2n) is 15.3. The zero-order valence-electron chi connectivity index (χ0n) is 31.3. The number of rotatable bonds is 9. The fraction of sp³-hybridized carbons (Fsp3) is 0.295. The third-order valence-electron chi connectivity index (χ3n) is 11.8. The zero-order chi connectivity index (χ0) is 38.8.